The van der Waals surface area contributed by atoms with Crippen LogP contribution >= 0.6 is 23.2 Å². The van der Waals surface area contributed by atoms with E-state index < -0.39 is 24.0 Å². The molecule has 0 spiro atoms. The molecule has 2 aliphatic heterocycles. The fourth-order valence-corrected chi connectivity index (χ4v) is 5.30. The number of carbonyl (C=O) groups excluding carboxylic acids is 2. The maximum absolute atomic E-state index is 13.7. The van der Waals surface area contributed by atoms with Crippen molar-refractivity contribution < 1.29 is 18.8 Å². The Labute approximate surface area is 217 Å². The zero-order valence-corrected chi connectivity index (χ0v) is 20.6. The van der Waals surface area contributed by atoms with Gasteiger partial charge >= 0.3 is 0 Å². The number of nitrogens with zero attached hydrogens (tertiary/aromatic N) is 2. The Kier molecular flexibility index (Phi) is 5.60. The molecule has 36 heavy (non-hydrogen) atoms. The number of carbonyl (C=O) groups is 2. The number of halogens is 2. The fraction of sp³-hybridized carbons (Fsp3) is 0.143. The number of hydroxylamine groups is 1. The third-order valence-corrected chi connectivity index (χ3v) is 7.08. The lowest BCUT2D eigenvalue weighted by molar-refractivity contribution is -0.126. The van der Waals surface area contributed by atoms with Crippen molar-refractivity contribution in [3.8, 4) is 11.3 Å². The molecule has 2 amide bonds. The van der Waals surface area contributed by atoms with Crippen molar-refractivity contribution in [3.63, 3.8) is 0 Å². The molecule has 0 bridgehead atoms. The van der Waals surface area contributed by atoms with Gasteiger partial charge in [0.15, 0.2) is 6.10 Å². The SMILES string of the molecule is Cc1ccc(N2C(=O)[C@@H]3[C@@H](c4ccc(-c5ccc(Cl)cc5Cl)o4)N(c4ccccc4)O[C@H]3C2=O)cc1. The third kappa shape index (κ3) is 3.69. The molecule has 0 radical (unpaired) electrons. The van der Waals surface area contributed by atoms with E-state index in [1.807, 2.05) is 49.4 Å². The number of hydrogen-bond acceptors (Lipinski definition) is 5. The first-order valence-corrected chi connectivity index (χ1v) is 12.2. The minimum atomic E-state index is -0.975. The Morgan fingerprint density at radius 1 is 0.806 bits per heavy atom. The summed E-state index contributed by atoms with van der Waals surface area (Å²) < 4.78 is 6.24. The molecule has 0 N–H and O–H groups in total. The lowest BCUT2D eigenvalue weighted by Gasteiger charge is -2.27. The number of furan rings is 1. The molecule has 6 nitrogen and oxygen atoms in total. The van der Waals surface area contributed by atoms with Crippen molar-refractivity contribution in [2.75, 3.05) is 9.96 Å². The molecule has 180 valence electrons. The molecule has 3 heterocycles. The first-order valence-electron chi connectivity index (χ1n) is 11.4. The summed E-state index contributed by atoms with van der Waals surface area (Å²) in [6, 6.07) is 24.7. The molecule has 8 heteroatoms. The predicted molar refractivity (Wildman–Crippen MR) is 138 cm³/mol. The van der Waals surface area contributed by atoms with Crippen molar-refractivity contribution >= 4 is 46.4 Å². The summed E-state index contributed by atoms with van der Waals surface area (Å²) in [5, 5.41) is 2.56. The minimum Gasteiger partial charge on any atom is -0.459 e. The van der Waals surface area contributed by atoms with Gasteiger partial charge in [0.25, 0.3) is 5.91 Å². The highest BCUT2D eigenvalue weighted by atomic mass is 35.5. The van der Waals surface area contributed by atoms with Crippen LogP contribution in [0.15, 0.2) is 89.3 Å². The number of para-hydroxylation sites is 1. The molecule has 1 aromatic heterocycles. The molecule has 3 atom stereocenters. The van der Waals surface area contributed by atoms with Crippen molar-refractivity contribution in [2.24, 2.45) is 5.92 Å². The van der Waals surface area contributed by atoms with Gasteiger partial charge in [0.05, 0.1) is 16.4 Å². The lowest BCUT2D eigenvalue weighted by atomic mass is 9.94. The zero-order chi connectivity index (χ0) is 25.0. The second-order valence-corrected chi connectivity index (χ2v) is 9.68. The molecule has 3 aromatic carbocycles. The Bertz CT molecular complexity index is 1470. The number of hydrogen-bond donors (Lipinski definition) is 0. The predicted octanol–water partition coefficient (Wildman–Crippen LogP) is 6.61. The molecule has 6 rings (SSSR count). The molecular weight excluding hydrogens is 499 g/mol. The van der Waals surface area contributed by atoms with Crippen molar-refractivity contribution in [2.45, 2.75) is 19.1 Å². The molecule has 0 saturated carbocycles. The van der Waals surface area contributed by atoms with Crippen molar-refractivity contribution in [3.05, 3.63) is 106 Å². The van der Waals surface area contributed by atoms with Gasteiger partial charge in [-0.3, -0.25) is 14.4 Å². The molecule has 2 fully saturated rings. The molecule has 0 unspecified atom stereocenters. The van der Waals surface area contributed by atoms with E-state index in [4.69, 9.17) is 32.5 Å². The second kappa shape index (κ2) is 8.82. The van der Waals surface area contributed by atoms with Crippen LogP contribution < -0.4 is 9.96 Å². The average Bonchev–Trinajstić information content (AvgIpc) is 3.56. The topological polar surface area (TPSA) is 63.0 Å². The summed E-state index contributed by atoms with van der Waals surface area (Å²) in [6.45, 7) is 1.95. The number of aryl methyl sites for hydroxylation is 1. The second-order valence-electron chi connectivity index (χ2n) is 8.83. The Balaban J connectivity index is 1.42. The maximum Gasteiger partial charge on any atom is 0.266 e. The van der Waals surface area contributed by atoms with E-state index in [1.54, 1.807) is 47.5 Å². The van der Waals surface area contributed by atoms with E-state index in [1.165, 1.54) is 4.90 Å². The third-order valence-electron chi connectivity index (χ3n) is 6.53. The van der Waals surface area contributed by atoms with Crippen LogP contribution in [0.1, 0.15) is 17.4 Å². The van der Waals surface area contributed by atoms with Gasteiger partial charge in [-0.1, -0.05) is 59.1 Å². The summed E-state index contributed by atoms with van der Waals surface area (Å²) in [6.07, 6.45) is -0.975. The summed E-state index contributed by atoms with van der Waals surface area (Å²) in [4.78, 5) is 34.5. The van der Waals surface area contributed by atoms with Crippen LogP contribution in [0.5, 0.6) is 0 Å². The largest absolute Gasteiger partial charge is 0.459 e. The van der Waals surface area contributed by atoms with Gasteiger partial charge in [0.1, 0.15) is 23.5 Å². The van der Waals surface area contributed by atoms with Crippen molar-refractivity contribution in [1.29, 1.82) is 0 Å². The number of amides is 2. The molecular formula is C28H20Cl2N2O4. The highest BCUT2D eigenvalue weighted by Gasteiger charge is 2.61. The van der Waals surface area contributed by atoms with E-state index >= 15 is 0 Å². The monoisotopic (exact) mass is 518 g/mol. The Morgan fingerprint density at radius 2 is 1.56 bits per heavy atom. The van der Waals surface area contributed by atoms with Gasteiger partial charge in [-0.15, -0.1) is 0 Å². The number of rotatable bonds is 4. The van der Waals surface area contributed by atoms with E-state index in [-0.39, 0.29) is 5.91 Å². The summed E-state index contributed by atoms with van der Waals surface area (Å²) >= 11 is 12.5. The summed E-state index contributed by atoms with van der Waals surface area (Å²) in [5.74, 6) is -0.516. The quantitative estimate of drug-likeness (QED) is 0.284. The first kappa shape index (κ1) is 22.9. The first-order chi connectivity index (χ1) is 17.4. The number of fused-ring (bicyclic) bond motifs is 1. The van der Waals surface area contributed by atoms with Gasteiger partial charge in [0, 0.05) is 10.6 Å². The molecule has 2 aliphatic rings. The van der Waals surface area contributed by atoms with Crippen LogP contribution in [0.25, 0.3) is 11.3 Å². The Morgan fingerprint density at radius 3 is 2.28 bits per heavy atom. The van der Waals surface area contributed by atoms with E-state index in [0.29, 0.717) is 38.5 Å². The normalized spacial score (nSPS) is 21.4. The van der Waals surface area contributed by atoms with Crippen LogP contribution in [0.3, 0.4) is 0 Å². The van der Waals surface area contributed by atoms with Crippen LogP contribution in [0, 0.1) is 12.8 Å². The van der Waals surface area contributed by atoms with E-state index in [0.717, 1.165) is 5.56 Å². The van der Waals surface area contributed by atoms with Crippen LogP contribution in [0.4, 0.5) is 11.4 Å². The van der Waals surface area contributed by atoms with E-state index in [9.17, 15) is 9.59 Å². The number of imide groups is 1. The highest BCUT2D eigenvalue weighted by molar-refractivity contribution is 6.36. The van der Waals surface area contributed by atoms with E-state index in [2.05, 4.69) is 0 Å². The standard InChI is InChI=1S/C28H20Cl2N2O4/c1-16-7-10-18(11-8-16)31-27(33)24-25(32(36-26(24)28(31)34)19-5-3-2-4-6-19)23-14-13-22(35-23)20-12-9-17(29)15-21(20)30/h2-15,24-26H,1H3/t24-,25-,26-/m1/s1. The minimum absolute atomic E-state index is 0.334. The maximum atomic E-state index is 13.7. The van der Waals surface area contributed by atoms with Gasteiger partial charge in [0.2, 0.25) is 5.91 Å². The zero-order valence-electron chi connectivity index (χ0n) is 19.1. The van der Waals surface area contributed by atoms with Crippen LogP contribution in [0.2, 0.25) is 10.0 Å². The number of benzene rings is 3. The number of anilines is 2. The van der Waals surface area contributed by atoms with Gasteiger partial charge < -0.3 is 4.42 Å². The fourth-order valence-electron chi connectivity index (χ4n) is 4.80. The van der Waals surface area contributed by atoms with Gasteiger partial charge in [-0.2, -0.15) is 0 Å². The summed E-state index contributed by atoms with van der Waals surface area (Å²) in [7, 11) is 0. The van der Waals surface area contributed by atoms with Crippen LogP contribution in [-0.2, 0) is 14.4 Å². The average molecular weight is 519 g/mol. The molecule has 0 aliphatic carbocycles. The smallest absolute Gasteiger partial charge is 0.266 e. The lowest BCUT2D eigenvalue weighted by Crippen LogP contribution is -2.37. The molecule has 2 saturated heterocycles. The van der Waals surface area contributed by atoms with Crippen LogP contribution in [-0.4, -0.2) is 17.9 Å². The Hall–Kier alpha value is -3.58. The van der Waals surface area contributed by atoms with Gasteiger partial charge in [-0.05, 0) is 61.5 Å². The van der Waals surface area contributed by atoms with Gasteiger partial charge in [-0.25, -0.2) is 9.96 Å². The summed E-state index contributed by atoms with van der Waals surface area (Å²) in [5.41, 5.74) is 2.93. The highest BCUT2D eigenvalue weighted by Crippen LogP contribution is 2.48. The molecule has 4 aromatic rings. The van der Waals surface area contributed by atoms with Crippen molar-refractivity contribution in [1.82, 2.24) is 0 Å².